The Morgan fingerprint density at radius 3 is 2.60 bits per heavy atom. The highest BCUT2D eigenvalue weighted by Gasteiger charge is 2.48. The second kappa shape index (κ2) is 9.52. The van der Waals surface area contributed by atoms with E-state index in [0.29, 0.717) is 10.1 Å². The van der Waals surface area contributed by atoms with Gasteiger partial charge in [-0.2, -0.15) is 0 Å². The third kappa shape index (κ3) is 5.06. The summed E-state index contributed by atoms with van der Waals surface area (Å²) in [5.41, 5.74) is -1.39. The van der Waals surface area contributed by atoms with Crippen molar-refractivity contribution >= 4 is 39.9 Å². The molecule has 2 aromatic rings. The van der Waals surface area contributed by atoms with Crippen molar-refractivity contribution in [2.75, 3.05) is 31.5 Å². The standard InChI is InChI=1S/C21H23F3IN3O2/c1-2-3-8-26-10-21(30)11-28(12-21)20(29)14-5-6-15(22)18(24)19(14)27-17-7-4-13(25)9-16(17)23/h4-7,9,26-27,30H,2-3,8,10-12H2,1H3/p+1. The number of hydrogen-bond donors (Lipinski definition) is 2. The summed E-state index contributed by atoms with van der Waals surface area (Å²) in [6.45, 7) is 3.71. The summed E-state index contributed by atoms with van der Waals surface area (Å²) < 4.78 is 43.2. The van der Waals surface area contributed by atoms with Gasteiger partial charge in [0.05, 0.1) is 36.6 Å². The molecule has 1 saturated heterocycles. The lowest BCUT2D eigenvalue weighted by Gasteiger charge is -2.43. The Labute approximate surface area is 186 Å². The van der Waals surface area contributed by atoms with E-state index in [1.54, 1.807) is 6.07 Å². The molecule has 0 radical (unpaired) electrons. The smallest absolute Gasteiger partial charge is 0.256 e. The third-order valence-electron chi connectivity index (χ3n) is 4.96. The average Bonchev–Trinajstić information content (AvgIpc) is 2.68. The lowest BCUT2D eigenvalue weighted by molar-refractivity contribution is -0.0784. The Morgan fingerprint density at radius 1 is 1.20 bits per heavy atom. The maximum atomic E-state index is 14.5. The molecule has 1 heterocycles. The minimum Gasteiger partial charge on any atom is -0.437 e. The molecule has 4 N–H and O–H groups in total. The van der Waals surface area contributed by atoms with Gasteiger partial charge in [-0.25, -0.2) is 13.2 Å². The molecule has 1 aliphatic heterocycles. The summed E-state index contributed by atoms with van der Waals surface area (Å²) >= 11 is 1.94. The van der Waals surface area contributed by atoms with Crippen molar-refractivity contribution in [3.63, 3.8) is 0 Å². The van der Waals surface area contributed by atoms with Gasteiger partial charge in [0.25, 0.3) is 5.91 Å². The molecule has 0 spiro atoms. The van der Waals surface area contributed by atoms with Crippen molar-refractivity contribution < 1.29 is 23.1 Å². The molecule has 1 amide bonds. The number of unbranched alkanes of at least 4 members (excludes halogenated alkanes) is 1. The minimum atomic E-state index is -1.25. The van der Waals surface area contributed by atoms with Gasteiger partial charge < -0.3 is 20.6 Å². The van der Waals surface area contributed by atoms with Crippen molar-refractivity contribution in [1.29, 1.82) is 0 Å². The molecule has 30 heavy (non-hydrogen) atoms. The number of carbonyl (C=O) groups is 1. The predicted octanol–water partition coefficient (Wildman–Crippen LogP) is 3.76. The van der Waals surface area contributed by atoms with Crippen molar-refractivity contribution in [3.8, 4) is 0 Å². The third-order valence-corrected chi connectivity index (χ3v) is 5.63. The molecule has 0 aromatic heterocycles. The van der Waals surface area contributed by atoms with Crippen LogP contribution in [0.25, 0.3) is 0 Å². The molecule has 0 bridgehead atoms. The van der Waals surface area contributed by atoms with Crippen molar-refractivity contribution in [2.24, 2.45) is 0 Å². The summed E-state index contributed by atoms with van der Waals surface area (Å²) in [5, 5.41) is 14.1. The average molecular weight is 534 g/mol. The number of hydrogen-bond acceptors (Lipinski definition) is 3. The van der Waals surface area contributed by atoms with Crippen LogP contribution in [0, 0.1) is 21.0 Å². The molecule has 3 rings (SSSR count). The zero-order valence-electron chi connectivity index (χ0n) is 16.5. The van der Waals surface area contributed by atoms with Crippen LogP contribution >= 0.6 is 22.6 Å². The molecular weight excluding hydrogens is 510 g/mol. The van der Waals surface area contributed by atoms with E-state index in [1.807, 2.05) is 22.6 Å². The zero-order chi connectivity index (χ0) is 21.9. The fraction of sp³-hybridized carbons (Fsp3) is 0.381. The van der Waals surface area contributed by atoms with Gasteiger partial charge in [0.15, 0.2) is 11.6 Å². The Morgan fingerprint density at radius 2 is 1.93 bits per heavy atom. The molecule has 1 fully saturated rings. The second-order valence-corrected chi connectivity index (χ2v) is 8.75. The topological polar surface area (TPSA) is 67.3 Å². The van der Waals surface area contributed by atoms with E-state index in [9.17, 15) is 18.0 Å². The van der Waals surface area contributed by atoms with Gasteiger partial charge in [-0.1, -0.05) is 13.3 Å². The van der Waals surface area contributed by atoms with E-state index in [1.165, 1.54) is 23.1 Å². The van der Waals surface area contributed by atoms with E-state index in [0.717, 1.165) is 25.5 Å². The Balaban J connectivity index is 1.76. The maximum absolute atomic E-state index is 14.5. The van der Waals surface area contributed by atoms with Crippen LogP contribution in [-0.4, -0.2) is 47.7 Å². The summed E-state index contributed by atoms with van der Waals surface area (Å²) in [6, 6.07) is 6.31. The number of nitrogens with zero attached hydrogens (tertiary/aromatic N) is 1. The van der Waals surface area contributed by atoms with Crippen LogP contribution in [-0.2, 0) is 0 Å². The van der Waals surface area contributed by atoms with E-state index >= 15 is 0 Å². The molecule has 162 valence electrons. The minimum absolute atomic E-state index is 0.0625. The number of benzene rings is 2. The van der Waals surface area contributed by atoms with Crippen molar-refractivity contribution in [2.45, 2.75) is 25.4 Å². The lowest BCUT2D eigenvalue weighted by Crippen LogP contribution is -2.67. The van der Waals surface area contributed by atoms with Crippen LogP contribution in [0.3, 0.4) is 0 Å². The lowest BCUT2D eigenvalue weighted by atomic mass is 9.92. The fourth-order valence-electron chi connectivity index (χ4n) is 3.32. The van der Waals surface area contributed by atoms with Crippen LogP contribution in [0.4, 0.5) is 24.5 Å². The summed E-state index contributed by atoms with van der Waals surface area (Å²) in [7, 11) is 0. The maximum Gasteiger partial charge on any atom is 0.256 e. The first-order chi connectivity index (χ1) is 14.2. The molecule has 0 saturated carbocycles. The Hall–Kier alpha value is -1.85. The summed E-state index contributed by atoms with van der Waals surface area (Å²) in [5.74, 6) is -3.56. The van der Waals surface area contributed by atoms with Crippen molar-refractivity contribution in [1.82, 2.24) is 10.2 Å². The fourth-order valence-corrected chi connectivity index (χ4v) is 3.77. The van der Waals surface area contributed by atoms with Crippen LogP contribution < -0.4 is 10.6 Å². The molecule has 9 heteroatoms. The van der Waals surface area contributed by atoms with Crippen LogP contribution in [0.5, 0.6) is 0 Å². The molecule has 0 atom stereocenters. The number of nitrogens with one attached hydrogen (secondary N) is 2. The number of anilines is 2. The van der Waals surface area contributed by atoms with Gasteiger partial charge in [-0.05, 0) is 65.9 Å². The van der Waals surface area contributed by atoms with Crippen LogP contribution in [0.15, 0.2) is 30.3 Å². The van der Waals surface area contributed by atoms with Crippen molar-refractivity contribution in [3.05, 3.63) is 56.9 Å². The highest BCUT2D eigenvalue weighted by atomic mass is 127. The van der Waals surface area contributed by atoms with E-state index in [4.69, 9.17) is 5.11 Å². The van der Waals surface area contributed by atoms with Gasteiger partial charge in [0.2, 0.25) is 5.60 Å². The number of likely N-dealkylation sites (tertiary alicyclic amines) is 1. The first-order valence-corrected chi connectivity index (χ1v) is 10.8. The van der Waals surface area contributed by atoms with Gasteiger partial charge in [-0.15, -0.1) is 0 Å². The zero-order valence-corrected chi connectivity index (χ0v) is 18.7. The molecule has 0 aliphatic carbocycles. The van der Waals surface area contributed by atoms with E-state index in [2.05, 4.69) is 17.6 Å². The highest BCUT2D eigenvalue weighted by Crippen LogP contribution is 2.31. The predicted molar refractivity (Wildman–Crippen MR) is 119 cm³/mol. The Bertz CT molecular complexity index is 936. The molecule has 2 aromatic carbocycles. The number of rotatable bonds is 8. The van der Waals surface area contributed by atoms with E-state index < -0.39 is 34.6 Å². The number of halogens is 4. The molecule has 0 unspecified atom stereocenters. The first-order valence-electron chi connectivity index (χ1n) is 9.69. The second-order valence-electron chi connectivity index (χ2n) is 7.50. The summed E-state index contributed by atoms with van der Waals surface area (Å²) in [6.07, 6.45) is 2.06. The van der Waals surface area contributed by atoms with Crippen LogP contribution in [0.2, 0.25) is 0 Å². The van der Waals surface area contributed by atoms with Crippen LogP contribution in [0.1, 0.15) is 30.1 Å². The van der Waals surface area contributed by atoms with Gasteiger partial charge in [-0.3, -0.25) is 4.79 Å². The molecule has 1 aliphatic rings. The largest absolute Gasteiger partial charge is 0.437 e. The highest BCUT2D eigenvalue weighted by molar-refractivity contribution is 14.1. The number of amides is 1. The number of carbonyl (C=O) groups excluding carboxylic acids is 1. The van der Waals surface area contributed by atoms with Gasteiger partial charge in [0.1, 0.15) is 5.82 Å². The molecular formula is C21H24F3IN3O2+. The van der Waals surface area contributed by atoms with E-state index in [-0.39, 0.29) is 24.3 Å². The van der Waals surface area contributed by atoms with Gasteiger partial charge >= 0.3 is 0 Å². The molecule has 5 nitrogen and oxygen atoms in total. The Kier molecular flexibility index (Phi) is 7.25. The SMILES string of the molecule is CCCCNCC1([OH2+])CN(C(=O)c2ccc(F)c(F)c2Nc2ccc(I)cc2F)C1. The van der Waals surface area contributed by atoms with Gasteiger partial charge in [0, 0.05) is 3.57 Å². The first kappa shape index (κ1) is 22.8. The monoisotopic (exact) mass is 534 g/mol. The normalized spacial score (nSPS) is 15.1. The quantitative estimate of drug-likeness (QED) is 0.308. The summed E-state index contributed by atoms with van der Waals surface area (Å²) in [4.78, 5) is 14.3.